The van der Waals surface area contributed by atoms with Crippen molar-refractivity contribution in [3.8, 4) is 5.88 Å². The molecule has 0 amide bonds. The van der Waals surface area contributed by atoms with Crippen LogP contribution >= 0.6 is 0 Å². The number of pyridine rings is 1. The summed E-state index contributed by atoms with van der Waals surface area (Å²) in [6.45, 7) is 0. The van der Waals surface area contributed by atoms with Crippen molar-refractivity contribution in [2.75, 3.05) is 7.11 Å². The summed E-state index contributed by atoms with van der Waals surface area (Å²) in [4.78, 5) is 17.0. The van der Waals surface area contributed by atoms with Crippen molar-refractivity contribution in [3.63, 3.8) is 0 Å². The summed E-state index contributed by atoms with van der Waals surface area (Å²) in [6, 6.07) is 29.6. The molecule has 1 N–H and O–H groups in total. The molecule has 0 aliphatic rings. The number of aromatic nitrogens is 1. The highest BCUT2D eigenvalue weighted by molar-refractivity contribution is 5.79. The minimum Gasteiger partial charge on any atom is -0.478 e. The van der Waals surface area contributed by atoms with Crippen LogP contribution in [-0.4, -0.2) is 29.3 Å². The van der Waals surface area contributed by atoms with Gasteiger partial charge in [0.25, 0.3) is 0 Å². The molecule has 4 rings (SSSR count). The van der Waals surface area contributed by atoms with Crippen molar-refractivity contribution < 1.29 is 19.4 Å². The molecule has 1 unspecified atom stereocenters. The Balaban J connectivity index is 1.86. The first-order chi connectivity index (χ1) is 14.6. The lowest BCUT2D eigenvalue weighted by atomic mass is 9.81. The zero-order valence-electron chi connectivity index (χ0n) is 16.4. The predicted octanol–water partition coefficient (Wildman–Crippen LogP) is 4.66. The Labute approximate surface area is 174 Å². The van der Waals surface area contributed by atoms with E-state index in [1.165, 1.54) is 7.11 Å². The van der Waals surface area contributed by atoms with Gasteiger partial charge in [-0.15, -0.1) is 0 Å². The van der Waals surface area contributed by atoms with Gasteiger partial charge in [-0.05, 0) is 23.3 Å². The highest BCUT2D eigenvalue weighted by atomic mass is 16.6. The monoisotopic (exact) mass is 399 g/mol. The summed E-state index contributed by atoms with van der Waals surface area (Å²) in [5.41, 5.74) is 0.696. The van der Waals surface area contributed by atoms with Crippen molar-refractivity contribution in [2.45, 2.75) is 11.7 Å². The second-order valence-electron chi connectivity index (χ2n) is 6.85. The molecule has 150 valence electrons. The fraction of sp³-hybridized carbons (Fsp3) is 0.120. The Morgan fingerprint density at radius 2 is 1.40 bits per heavy atom. The first-order valence-electron chi connectivity index (χ1n) is 9.56. The number of carboxylic acid groups (broad SMARTS) is 1. The van der Waals surface area contributed by atoms with Crippen LogP contribution in [0.15, 0.2) is 97.1 Å². The number of rotatable bonds is 7. The number of nitrogens with zero attached hydrogens (tertiary/aromatic N) is 1. The zero-order chi connectivity index (χ0) is 21.0. The van der Waals surface area contributed by atoms with Crippen molar-refractivity contribution in [3.05, 3.63) is 108 Å². The Morgan fingerprint density at radius 3 is 1.97 bits per heavy atom. The Morgan fingerprint density at radius 1 is 0.833 bits per heavy atom. The number of carboxylic acids is 1. The molecule has 30 heavy (non-hydrogen) atoms. The molecule has 3 aromatic carbocycles. The molecule has 0 spiro atoms. The molecular formula is C25H21NO4. The number of carbonyl (C=O) groups is 1. The van der Waals surface area contributed by atoms with E-state index in [1.54, 1.807) is 6.07 Å². The molecular weight excluding hydrogens is 378 g/mol. The van der Waals surface area contributed by atoms with Crippen molar-refractivity contribution in [2.24, 2.45) is 0 Å². The second-order valence-corrected chi connectivity index (χ2v) is 6.85. The summed E-state index contributed by atoms with van der Waals surface area (Å²) >= 11 is 0. The number of aliphatic carboxylic acids is 1. The molecule has 1 heterocycles. The number of methoxy groups -OCH3 is 1. The summed E-state index contributed by atoms with van der Waals surface area (Å²) < 4.78 is 12.0. The highest BCUT2D eigenvalue weighted by Gasteiger charge is 2.49. The van der Waals surface area contributed by atoms with Crippen LogP contribution in [-0.2, 0) is 15.1 Å². The number of benzene rings is 3. The minimum absolute atomic E-state index is 0.217. The van der Waals surface area contributed by atoms with Gasteiger partial charge in [0.15, 0.2) is 5.60 Å². The van der Waals surface area contributed by atoms with E-state index in [0.29, 0.717) is 11.1 Å². The van der Waals surface area contributed by atoms with E-state index in [2.05, 4.69) is 4.98 Å². The fourth-order valence-corrected chi connectivity index (χ4v) is 3.72. The molecule has 0 bridgehead atoms. The third kappa shape index (κ3) is 3.51. The van der Waals surface area contributed by atoms with Crippen molar-refractivity contribution in [1.29, 1.82) is 0 Å². The zero-order valence-corrected chi connectivity index (χ0v) is 16.4. The minimum atomic E-state index is -1.37. The molecule has 0 saturated carbocycles. The van der Waals surface area contributed by atoms with Crippen LogP contribution in [0.25, 0.3) is 10.9 Å². The third-order valence-corrected chi connectivity index (χ3v) is 5.13. The first kappa shape index (κ1) is 19.6. The Hall–Kier alpha value is -3.70. The van der Waals surface area contributed by atoms with E-state index in [-0.39, 0.29) is 5.88 Å². The van der Waals surface area contributed by atoms with E-state index >= 15 is 0 Å². The van der Waals surface area contributed by atoms with E-state index in [4.69, 9.17) is 9.47 Å². The highest BCUT2D eigenvalue weighted by Crippen LogP contribution is 2.38. The molecule has 0 saturated heterocycles. The maximum Gasteiger partial charge on any atom is 0.348 e. The van der Waals surface area contributed by atoms with Gasteiger partial charge in [0.1, 0.15) is 0 Å². The van der Waals surface area contributed by atoms with Crippen LogP contribution in [0.3, 0.4) is 0 Å². The SMILES string of the molecule is COC(c1ccccc1)(c1ccccc1)C(Oc1ccc2ccccc2n1)C(=O)O. The lowest BCUT2D eigenvalue weighted by Crippen LogP contribution is -2.50. The second kappa shape index (κ2) is 8.35. The molecule has 5 heteroatoms. The number of para-hydroxylation sites is 1. The van der Waals surface area contributed by atoms with E-state index < -0.39 is 17.7 Å². The average Bonchev–Trinajstić information content (AvgIpc) is 2.80. The van der Waals surface area contributed by atoms with Gasteiger partial charge in [0.05, 0.1) is 5.52 Å². The third-order valence-electron chi connectivity index (χ3n) is 5.13. The van der Waals surface area contributed by atoms with Gasteiger partial charge >= 0.3 is 5.97 Å². The molecule has 1 aromatic heterocycles. The van der Waals surface area contributed by atoms with Crippen LogP contribution in [0.4, 0.5) is 0 Å². The number of hydrogen-bond acceptors (Lipinski definition) is 4. The van der Waals surface area contributed by atoms with Gasteiger partial charge in [-0.2, -0.15) is 0 Å². The summed E-state index contributed by atoms with van der Waals surface area (Å²) in [7, 11) is 1.49. The van der Waals surface area contributed by atoms with Gasteiger partial charge in [-0.25, -0.2) is 9.78 Å². The van der Waals surface area contributed by atoms with Crippen LogP contribution < -0.4 is 4.74 Å². The molecule has 4 aromatic rings. The lowest BCUT2D eigenvalue weighted by Gasteiger charge is -2.38. The standard InChI is InChI=1S/C25H21NO4/c1-29-25(19-11-4-2-5-12-19,20-13-6-3-7-14-20)23(24(27)28)30-22-17-16-18-10-8-9-15-21(18)26-22/h2-17,23H,1H3,(H,27,28). The number of ether oxygens (including phenoxy) is 2. The predicted molar refractivity (Wildman–Crippen MR) is 114 cm³/mol. The molecule has 0 fully saturated rings. The molecule has 0 aliphatic carbocycles. The van der Waals surface area contributed by atoms with Crippen molar-refractivity contribution in [1.82, 2.24) is 4.98 Å². The van der Waals surface area contributed by atoms with Crippen LogP contribution in [0.1, 0.15) is 11.1 Å². The number of fused-ring (bicyclic) bond motifs is 1. The van der Waals surface area contributed by atoms with E-state index in [1.807, 2.05) is 91.0 Å². The van der Waals surface area contributed by atoms with Crippen LogP contribution in [0, 0.1) is 0 Å². The maximum atomic E-state index is 12.5. The fourth-order valence-electron chi connectivity index (χ4n) is 3.72. The van der Waals surface area contributed by atoms with Crippen molar-refractivity contribution >= 4 is 16.9 Å². The summed E-state index contributed by atoms with van der Waals surface area (Å²) in [5.74, 6) is -0.936. The molecule has 0 radical (unpaired) electrons. The lowest BCUT2D eigenvalue weighted by molar-refractivity contribution is -0.160. The smallest absolute Gasteiger partial charge is 0.348 e. The normalized spacial score (nSPS) is 12.4. The average molecular weight is 399 g/mol. The van der Waals surface area contributed by atoms with Gasteiger partial charge in [0.2, 0.25) is 12.0 Å². The summed E-state index contributed by atoms with van der Waals surface area (Å²) in [6.07, 6.45) is -1.37. The number of hydrogen-bond donors (Lipinski definition) is 1. The molecule has 0 aliphatic heterocycles. The van der Waals surface area contributed by atoms with Gasteiger partial charge in [-0.3, -0.25) is 0 Å². The van der Waals surface area contributed by atoms with Gasteiger partial charge < -0.3 is 14.6 Å². The van der Waals surface area contributed by atoms with E-state index in [0.717, 1.165) is 10.9 Å². The quantitative estimate of drug-likeness (QED) is 0.490. The maximum absolute atomic E-state index is 12.5. The van der Waals surface area contributed by atoms with E-state index in [9.17, 15) is 9.90 Å². The van der Waals surface area contributed by atoms with Gasteiger partial charge in [0, 0.05) is 18.6 Å². The Kier molecular flexibility index (Phi) is 5.46. The summed E-state index contributed by atoms with van der Waals surface area (Å²) in [5, 5.41) is 11.1. The molecule has 1 atom stereocenters. The topological polar surface area (TPSA) is 68.7 Å². The van der Waals surface area contributed by atoms with Crippen LogP contribution in [0.2, 0.25) is 0 Å². The van der Waals surface area contributed by atoms with Crippen LogP contribution in [0.5, 0.6) is 5.88 Å². The largest absolute Gasteiger partial charge is 0.478 e. The van der Waals surface area contributed by atoms with Gasteiger partial charge in [-0.1, -0.05) is 78.9 Å². The molecule has 5 nitrogen and oxygen atoms in total. The Bertz CT molecular complexity index is 1110. The first-order valence-corrected chi connectivity index (χ1v) is 9.56.